The van der Waals surface area contributed by atoms with Crippen LogP contribution in [0.1, 0.15) is 25.7 Å². The zero-order chi connectivity index (χ0) is 21.3. The number of ether oxygens (including phenoxy) is 1. The number of anilines is 2. The molecule has 1 fully saturated rings. The molecule has 1 aliphatic rings. The molecule has 7 nitrogen and oxygen atoms in total. The third-order valence-electron chi connectivity index (χ3n) is 5.17. The molecule has 0 aliphatic heterocycles. The van der Waals surface area contributed by atoms with E-state index in [0.29, 0.717) is 16.7 Å². The van der Waals surface area contributed by atoms with Gasteiger partial charge in [-0.2, -0.15) is 0 Å². The summed E-state index contributed by atoms with van der Waals surface area (Å²) in [4.78, 5) is 12.6. The SMILES string of the molecule is COc1ccc(Cl)cc1S(=O)(=O)Nc1c(NC2CCCC2)c2ccccc2oc1=O. The lowest BCUT2D eigenvalue weighted by Gasteiger charge is -2.19. The second-order valence-corrected chi connectivity index (χ2v) is 9.25. The van der Waals surface area contributed by atoms with Crippen LogP contribution in [0.2, 0.25) is 5.02 Å². The topological polar surface area (TPSA) is 97.6 Å². The molecule has 0 radical (unpaired) electrons. The first kappa shape index (κ1) is 20.6. The molecule has 2 aromatic carbocycles. The smallest absolute Gasteiger partial charge is 0.363 e. The highest BCUT2D eigenvalue weighted by molar-refractivity contribution is 7.92. The van der Waals surface area contributed by atoms with Gasteiger partial charge in [-0.3, -0.25) is 4.72 Å². The molecule has 158 valence electrons. The van der Waals surface area contributed by atoms with E-state index in [4.69, 9.17) is 20.8 Å². The van der Waals surface area contributed by atoms with Crippen LogP contribution in [0, 0.1) is 0 Å². The Balaban J connectivity index is 1.85. The molecular formula is C21H21ClN2O5S. The Morgan fingerprint density at radius 2 is 1.83 bits per heavy atom. The van der Waals surface area contributed by atoms with Crippen molar-refractivity contribution in [1.82, 2.24) is 0 Å². The highest BCUT2D eigenvalue weighted by atomic mass is 35.5. The maximum absolute atomic E-state index is 13.2. The third kappa shape index (κ3) is 3.97. The van der Waals surface area contributed by atoms with E-state index in [-0.39, 0.29) is 27.4 Å². The van der Waals surface area contributed by atoms with Gasteiger partial charge in [-0.25, -0.2) is 13.2 Å². The van der Waals surface area contributed by atoms with E-state index in [1.807, 2.05) is 0 Å². The number of hydrogen-bond acceptors (Lipinski definition) is 6. The maximum Gasteiger partial charge on any atom is 0.363 e. The van der Waals surface area contributed by atoms with Gasteiger partial charge in [-0.15, -0.1) is 0 Å². The number of fused-ring (bicyclic) bond motifs is 1. The fourth-order valence-corrected chi connectivity index (χ4v) is 5.22. The van der Waals surface area contributed by atoms with Crippen LogP contribution in [0.4, 0.5) is 11.4 Å². The minimum absolute atomic E-state index is 0.113. The van der Waals surface area contributed by atoms with E-state index in [2.05, 4.69) is 10.0 Å². The number of rotatable bonds is 6. The zero-order valence-electron chi connectivity index (χ0n) is 16.3. The minimum Gasteiger partial charge on any atom is -0.495 e. The molecular weight excluding hydrogens is 428 g/mol. The number of halogens is 1. The molecule has 0 saturated heterocycles. The number of hydrogen-bond donors (Lipinski definition) is 2. The van der Waals surface area contributed by atoms with Crippen LogP contribution < -0.4 is 20.4 Å². The number of sulfonamides is 1. The van der Waals surface area contributed by atoms with Gasteiger partial charge >= 0.3 is 5.63 Å². The van der Waals surface area contributed by atoms with Crippen molar-refractivity contribution in [3.63, 3.8) is 0 Å². The van der Waals surface area contributed by atoms with Crippen LogP contribution >= 0.6 is 11.6 Å². The molecule has 0 spiro atoms. The molecule has 4 rings (SSSR count). The Labute approximate surface area is 179 Å². The zero-order valence-corrected chi connectivity index (χ0v) is 17.8. The first-order valence-electron chi connectivity index (χ1n) is 9.58. The van der Waals surface area contributed by atoms with Gasteiger partial charge in [0.25, 0.3) is 10.0 Å². The van der Waals surface area contributed by atoms with E-state index in [1.54, 1.807) is 24.3 Å². The number of methoxy groups -OCH3 is 1. The molecule has 1 saturated carbocycles. The van der Waals surface area contributed by atoms with Gasteiger partial charge in [0.2, 0.25) is 0 Å². The molecule has 0 amide bonds. The second kappa shape index (κ2) is 8.20. The summed E-state index contributed by atoms with van der Waals surface area (Å²) in [5.41, 5.74) is -0.147. The minimum atomic E-state index is -4.19. The van der Waals surface area contributed by atoms with Crippen molar-refractivity contribution in [2.75, 3.05) is 17.1 Å². The lowest BCUT2D eigenvalue weighted by molar-refractivity contribution is 0.403. The summed E-state index contributed by atoms with van der Waals surface area (Å²) < 4.78 is 39.3. The van der Waals surface area contributed by atoms with E-state index in [9.17, 15) is 13.2 Å². The van der Waals surface area contributed by atoms with Crippen molar-refractivity contribution in [2.45, 2.75) is 36.6 Å². The summed E-state index contributed by atoms with van der Waals surface area (Å²) in [6.07, 6.45) is 4.06. The van der Waals surface area contributed by atoms with Gasteiger partial charge in [0, 0.05) is 16.5 Å². The normalized spacial score (nSPS) is 14.7. The van der Waals surface area contributed by atoms with Gasteiger partial charge in [0.05, 0.1) is 12.8 Å². The van der Waals surface area contributed by atoms with Crippen molar-refractivity contribution in [3.8, 4) is 5.75 Å². The lowest BCUT2D eigenvalue weighted by atomic mass is 10.1. The first-order valence-corrected chi connectivity index (χ1v) is 11.4. The van der Waals surface area contributed by atoms with Crippen molar-refractivity contribution < 1.29 is 17.6 Å². The fourth-order valence-electron chi connectivity index (χ4n) is 3.72. The molecule has 0 atom stereocenters. The molecule has 2 N–H and O–H groups in total. The third-order valence-corrected chi connectivity index (χ3v) is 6.77. The Hall–Kier alpha value is -2.71. The maximum atomic E-state index is 13.2. The number of benzene rings is 2. The Kier molecular flexibility index (Phi) is 5.62. The predicted molar refractivity (Wildman–Crippen MR) is 117 cm³/mol. The average molecular weight is 449 g/mol. The molecule has 9 heteroatoms. The van der Waals surface area contributed by atoms with Crippen molar-refractivity contribution in [2.24, 2.45) is 0 Å². The van der Waals surface area contributed by atoms with Crippen LogP contribution in [0.25, 0.3) is 11.0 Å². The van der Waals surface area contributed by atoms with E-state index in [0.717, 1.165) is 25.7 Å². The molecule has 0 bridgehead atoms. The summed E-state index contributed by atoms with van der Waals surface area (Å²) in [5, 5.41) is 4.22. The van der Waals surface area contributed by atoms with E-state index < -0.39 is 15.6 Å². The quantitative estimate of drug-likeness (QED) is 0.534. The van der Waals surface area contributed by atoms with Crippen LogP contribution in [-0.2, 0) is 10.0 Å². The summed E-state index contributed by atoms with van der Waals surface area (Å²) >= 11 is 6.00. The Morgan fingerprint density at radius 3 is 2.57 bits per heavy atom. The van der Waals surface area contributed by atoms with Crippen LogP contribution in [0.5, 0.6) is 5.75 Å². The fraction of sp³-hybridized carbons (Fsp3) is 0.286. The Bertz CT molecular complexity index is 1250. The molecule has 1 aromatic heterocycles. The van der Waals surface area contributed by atoms with Crippen LogP contribution in [0.15, 0.2) is 56.6 Å². The summed E-state index contributed by atoms with van der Waals surface area (Å²) in [6, 6.07) is 11.4. The van der Waals surface area contributed by atoms with Gasteiger partial charge in [-0.05, 0) is 43.2 Å². The monoisotopic (exact) mass is 448 g/mol. The van der Waals surface area contributed by atoms with Crippen LogP contribution in [-0.4, -0.2) is 21.6 Å². The number of nitrogens with one attached hydrogen (secondary N) is 2. The standard InChI is InChI=1S/C21H21ClN2O5S/c1-28-17-11-10-13(22)12-18(17)30(26,27)24-20-19(23-14-6-2-3-7-14)15-8-4-5-9-16(15)29-21(20)25/h4-5,8-12,14,23-24H,2-3,6-7H2,1H3. The predicted octanol–water partition coefficient (Wildman–Crippen LogP) is 4.61. The first-order chi connectivity index (χ1) is 14.4. The lowest BCUT2D eigenvalue weighted by Crippen LogP contribution is -2.23. The molecule has 30 heavy (non-hydrogen) atoms. The molecule has 1 aliphatic carbocycles. The van der Waals surface area contributed by atoms with Crippen molar-refractivity contribution in [1.29, 1.82) is 0 Å². The van der Waals surface area contributed by atoms with Gasteiger partial charge < -0.3 is 14.5 Å². The average Bonchev–Trinajstić information content (AvgIpc) is 3.23. The van der Waals surface area contributed by atoms with Crippen LogP contribution in [0.3, 0.4) is 0 Å². The van der Waals surface area contributed by atoms with E-state index >= 15 is 0 Å². The van der Waals surface area contributed by atoms with Crippen molar-refractivity contribution >= 4 is 44.0 Å². The highest BCUT2D eigenvalue weighted by Gasteiger charge is 2.26. The summed E-state index contributed by atoms with van der Waals surface area (Å²) in [5.74, 6) is 0.113. The largest absolute Gasteiger partial charge is 0.495 e. The van der Waals surface area contributed by atoms with Gasteiger partial charge in [0.1, 0.15) is 16.2 Å². The highest BCUT2D eigenvalue weighted by Crippen LogP contribution is 2.34. The number of para-hydroxylation sites is 1. The Morgan fingerprint density at radius 1 is 1.10 bits per heavy atom. The van der Waals surface area contributed by atoms with E-state index in [1.165, 1.54) is 25.3 Å². The molecule has 0 unspecified atom stereocenters. The van der Waals surface area contributed by atoms with Gasteiger partial charge in [0.15, 0.2) is 5.69 Å². The molecule has 1 heterocycles. The summed E-state index contributed by atoms with van der Waals surface area (Å²) in [7, 11) is -2.82. The van der Waals surface area contributed by atoms with Gasteiger partial charge in [-0.1, -0.05) is 36.6 Å². The van der Waals surface area contributed by atoms with Crippen molar-refractivity contribution in [3.05, 3.63) is 57.9 Å². The second-order valence-electron chi connectivity index (χ2n) is 7.16. The molecule has 3 aromatic rings. The summed E-state index contributed by atoms with van der Waals surface area (Å²) in [6.45, 7) is 0.